The van der Waals surface area contributed by atoms with Crippen LogP contribution >= 0.6 is 0 Å². The molecule has 1 aliphatic carbocycles. The Bertz CT molecular complexity index is 1020. The van der Waals surface area contributed by atoms with Gasteiger partial charge in [0.1, 0.15) is 5.75 Å². The number of benzene rings is 2. The van der Waals surface area contributed by atoms with Crippen molar-refractivity contribution in [3.05, 3.63) is 58.7 Å². The first kappa shape index (κ1) is 17.3. The molecule has 0 spiro atoms. The quantitative estimate of drug-likeness (QED) is 0.660. The highest BCUT2D eigenvalue weighted by atomic mass is 19.4. The summed E-state index contributed by atoms with van der Waals surface area (Å²) in [4.78, 5) is 25.1. The zero-order valence-corrected chi connectivity index (χ0v) is 13.8. The molecule has 1 amide bonds. The van der Waals surface area contributed by atoms with Gasteiger partial charge >= 0.3 is 6.18 Å². The van der Waals surface area contributed by atoms with Crippen molar-refractivity contribution in [2.24, 2.45) is 0 Å². The summed E-state index contributed by atoms with van der Waals surface area (Å²) in [7, 11) is 0. The molecule has 0 radical (unpaired) electrons. The van der Waals surface area contributed by atoms with Crippen molar-refractivity contribution < 1.29 is 32.6 Å². The molecule has 2 atom stereocenters. The first-order valence-corrected chi connectivity index (χ1v) is 7.88. The molecule has 0 saturated heterocycles. The predicted octanol–water partition coefficient (Wildman–Crippen LogP) is 2.05. The van der Waals surface area contributed by atoms with Gasteiger partial charge in [-0.1, -0.05) is 18.2 Å². The van der Waals surface area contributed by atoms with Crippen molar-refractivity contribution in [2.75, 3.05) is 5.73 Å². The highest BCUT2D eigenvalue weighted by Crippen LogP contribution is 2.59. The van der Waals surface area contributed by atoms with E-state index in [0.29, 0.717) is 6.07 Å². The molecule has 2 aromatic carbocycles. The molecule has 140 valence electrons. The predicted molar refractivity (Wildman–Crippen MR) is 86.6 cm³/mol. The van der Waals surface area contributed by atoms with E-state index in [1.165, 1.54) is 18.2 Å². The van der Waals surface area contributed by atoms with Gasteiger partial charge in [-0.25, -0.2) is 0 Å². The lowest BCUT2D eigenvalue weighted by atomic mass is 9.82. The smallest absolute Gasteiger partial charge is 0.416 e. The summed E-state index contributed by atoms with van der Waals surface area (Å²) in [5.41, 5.74) is 2.64. The number of hydrogen-bond acceptors (Lipinski definition) is 5. The Balaban J connectivity index is 2.02. The SMILES string of the molecule is CC(=O)NC12C(=O)c3c(N)cccc3C1(O)Oc1cc(C(F)(F)F)ccc12. The molecule has 0 bridgehead atoms. The number of aliphatic hydroxyl groups is 1. The van der Waals surface area contributed by atoms with Gasteiger partial charge in [0.25, 0.3) is 5.79 Å². The van der Waals surface area contributed by atoms with E-state index in [1.807, 2.05) is 0 Å². The lowest BCUT2D eigenvalue weighted by Crippen LogP contribution is -2.59. The summed E-state index contributed by atoms with van der Waals surface area (Å²) in [6.45, 7) is 1.12. The van der Waals surface area contributed by atoms with Crippen LogP contribution in [0.15, 0.2) is 36.4 Å². The molecular formula is C18H13F3N2O4. The molecule has 0 aromatic heterocycles. The van der Waals surface area contributed by atoms with Gasteiger partial charge in [0.05, 0.1) is 11.1 Å². The topological polar surface area (TPSA) is 102 Å². The van der Waals surface area contributed by atoms with Crippen LogP contribution < -0.4 is 15.8 Å². The van der Waals surface area contributed by atoms with Crippen molar-refractivity contribution in [3.8, 4) is 5.75 Å². The summed E-state index contributed by atoms with van der Waals surface area (Å²) in [5, 5.41) is 13.7. The van der Waals surface area contributed by atoms with Gasteiger partial charge in [-0.2, -0.15) is 13.2 Å². The molecule has 1 aliphatic heterocycles. The molecule has 2 aromatic rings. The summed E-state index contributed by atoms with van der Waals surface area (Å²) >= 11 is 0. The van der Waals surface area contributed by atoms with Gasteiger partial charge in [0.2, 0.25) is 17.2 Å². The minimum Gasteiger partial charge on any atom is -0.454 e. The lowest BCUT2D eigenvalue weighted by molar-refractivity contribution is -0.175. The molecule has 9 heteroatoms. The zero-order valence-electron chi connectivity index (χ0n) is 13.8. The maximum absolute atomic E-state index is 13.2. The number of Topliss-reactive ketones (excluding diaryl/α,β-unsaturated/α-hetero) is 1. The van der Waals surface area contributed by atoms with Gasteiger partial charge in [-0.05, 0) is 18.2 Å². The van der Waals surface area contributed by atoms with Crippen LogP contribution in [0.25, 0.3) is 0 Å². The van der Waals surface area contributed by atoms with Crippen molar-refractivity contribution in [1.29, 1.82) is 0 Å². The largest absolute Gasteiger partial charge is 0.454 e. The number of amides is 1. The molecule has 2 unspecified atom stereocenters. The normalized spacial score (nSPS) is 25.4. The monoisotopic (exact) mass is 378 g/mol. The fourth-order valence-corrected chi connectivity index (χ4v) is 3.81. The zero-order chi connectivity index (χ0) is 19.8. The maximum Gasteiger partial charge on any atom is 0.416 e. The third-order valence-corrected chi connectivity index (χ3v) is 4.87. The fourth-order valence-electron chi connectivity index (χ4n) is 3.81. The third kappa shape index (κ3) is 2.00. The molecule has 4 rings (SSSR count). The fraction of sp³-hybridized carbons (Fsp3) is 0.222. The van der Waals surface area contributed by atoms with Crippen LogP contribution in [-0.4, -0.2) is 16.8 Å². The lowest BCUT2D eigenvalue weighted by Gasteiger charge is -2.34. The number of carbonyl (C=O) groups excluding carboxylic acids is 2. The van der Waals surface area contributed by atoms with E-state index < -0.39 is 34.8 Å². The minimum atomic E-state index is -4.65. The second-order valence-corrected chi connectivity index (χ2v) is 6.48. The van der Waals surface area contributed by atoms with E-state index in [-0.39, 0.29) is 28.1 Å². The van der Waals surface area contributed by atoms with Crippen molar-refractivity contribution in [2.45, 2.75) is 24.4 Å². The standard InChI is InChI=1S/C18H13F3N2O4/c1-8(24)23-16-10-6-5-9(18(19,20)21)7-13(10)27-17(16,26)11-3-2-4-12(22)14(11)15(16)25/h2-7,26H,22H2,1H3,(H,23,24). The average molecular weight is 378 g/mol. The van der Waals surface area contributed by atoms with Gasteiger partial charge in [0, 0.05) is 23.7 Å². The molecule has 27 heavy (non-hydrogen) atoms. The number of ketones is 1. The molecular weight excluding hydrogens is 365 g/mol. The summed E-state index contributed by atoms with van der Waals surface area (Å²) < 4.78 is 44.6. The van der Waals surface area contributed by atoms with E-state index in [4.69, 9.17) is 10.5 Å². The molecule has 1 heterocycles. The summed E-state index contributed by atoms with van der Waals surface area (Å²) in [5.74, 6) is -4.20. The van der Waals surface area contributed by atoms with Crippen LogP contribution in [0, 0.1) is 0 Å². The van der Waals surface area contributed by atoms with Gasteiger partial charge in [-0.3, -0.25) is 9.59 Å². The Hall–Kier alpha value is -3.07. The number of nitrogen functional groups attached to an aromatic ring is 1. The third-order valence-electron chi connectivity index (χ3n) is 4.87. The average Bonchev–Trinajstić information content (AvgIpc) is 2.91. The summed E-state index contributed by atoms with van der Waals surface area (Å²) in [6.07, 6.45) is -4.65. The van der Waals surface area contributed by atoms with E-state index in [9.17, 15) is 27.9 Å². The van der Waals surface area contributed by atoms with Gasteiger partial charge < -0.3 is 20.9 Å². The Kier molecular flexibility index (Phi) is 3.22. The number of carbonyl (C=O) groups is 2. The van der Waals surface area contributed by atoms with Crippen LogP contribution in [0.5, 0.6) is 5.75 Å². The number of ether oxygens (including phenoxy) is 1. The minimum absolute atomic E-state index is 0.0222. The van der Waals surface area contributed by atoms with E-state index in [2.05, 4.69) is 5.32 Å². The van der Waals surface area contributed by atoms with Crippen LogP contribution in [0.4, 0.5) is 18.9 Å². The Morgan fingerprint density at radius 2 is 1.93 bits per heavy atom. The number of halogens is 3. The van der Waals surface area contributed by atoms with Gasteiger partial charge in [0.15, 0.2) is 0 Å². The Morgan fingerprint density at radius 1 is 1.22 bits per heavy atom. The first-order chi connectivity index (χ1) is 12.5. The molecule has 6 nitrogen and oxygen atoms in total. The van der Waals surface area contributed by atoms with Crippen LogP contribution in [-0.2, 0) is 22.3 Å². The Labute approximate surface area is 150 Å². The number of nitrogens with one attached hydrogen (secondary N) is 1. The first-order valence-electron chi connectivity index (χ1n) is 7.88. The molecule has 0 fully saturated rings. The number of nitrogens with two attached hydrogens (primary N) is 1. The molecule has 0 saturated carbocycles. The van der Waals surface area contributed by atoms with Crippen molar-refractivity contribution in [3.63, 3.8) is 0 Å². The second-order valence-electron chi connectivity index (χ2n) is 6.48. The Morgan fingerprint density at radius 3 is 2.56 bits per heavy atom. The van der Waals surface area contributed by atoms with Crippen molar-refractivity contribution in [1.82, 2.24) is 5.32 Å². The highest BCUT2D eigenvalue weighted by Gasteiger charge is 2.72. The maximum atomic E-state index is 13.2. The number of fused-ring (bicyclic) bond motifs is 5. The van der Waals surface area contributed by atoms with E-state index in [1.54, 1.807) is 0 Å². The number of anilines is 1. The van der Waals surface area contributed by atoms with E-state index in [0.717, 1.165) is 19.1 Å². The van der Waals surface area contributed by atoms with Gasteiger partial charge in [-0.15, -0.1) is 0 Å². The summed E-state index contributed by atoms with van der Waals surface area (Å²) in [6, 6.07) is 6.76. The number of hydrogen-bond donors (Lipinski definition) is 3. The molecule has 4 N–H and O–H groups in total. The van der Waals surface area contributed by atoms with Crippen LogP contribution in [0.1, 0.15) is 34.0 Å². The molecule has 2 aliphatic rings. The van der Waals surface area contributed by atoms with E-state index >= 15 is 0 Å². The van der Waals surface area contributed by atoms with Crippen LogP contribution in [0.2, 0.25) is 0 Å². The highest BCUT2D eigenvalue weighted by molar-refractivity contribution is 6.15. The number of rotatable bonds is 1. The number of alkyl halides is 3. The van der Waals surface area contributed by atoms with Crippen LogP contribution in [0.3, 0.4) is 0 Å². The van der Waals surface area contributed by atoms with Crippen molar-refractivity contribution >= 4 is 17.4 Å². The second kappa shape index (κ2) is 5.01.